The van der Waals surface area contributed by atoms with Crippen LogP contribution in [0, 0.1) is 5.82 Å². The maximum Gasteiger partial charge on any atom is 0.328 e. The molecular formula is C12H6BrClFN5O. The first-order valence-electron chi connectivity index (χ1n) is 5.66. The van der Waals surface area contributed by atoms with Gasteiger partial charge in [-0.2, -0.15) is 20.1 Å². The minimum absolute atomic E-state index is 0.0527. The van der Waals surface area contributed by atoms with Crippen LogP contribution in [0.5, 0.6) is 11.8 Å². The molecule has 0 N–H and O–H groups in total. The van der Waals surface area contributed by atoms with Crippen molar-refractivity contribution in [2.45, 2.75) is 0 Å². The summed E-state index contributed by atoms with van der Waals surface area (Å²) in [5, 5.41) is 3.93. The lowest BCUT2D eigenvalue weighted by Crippen LogP contribution is -2.05. The van der Waals surface area contributed by atoms with Crippen molar-refractivity contribution < 1.29 is 9.13 Å². The maximum atomic E-state index is 13.4. The Morgan fingerprint density at radius 1 is 1.24 bits per heavy atom. The molecule has 2 heterocycles. The van der Waals surface area contributed by atoms with E-state index in [1.807, 2.05) is 0 Å². The second kappa shape index (κ2) is 5.74. The molecule has 3 rings (SSSR count). The van der Waals surface area contributed by atoms with Crippen molar-refractivity contribution in [1.29, 1.82) is 0 Å². The van der Waals surface area contributed by atoms with Gasteiger partial charge in [-0.25, -0.2) is 9.07 Å². The molecule has 0 fully saturated rings. The summed E-state index contributed by atoms with van der Waals surface area (Å²) < 4.78 is 20.6. The molecule has 21 heavy (non-hydrogen) atoms. The zero-order valence-electron chi connectivity index (χ0n) is 10.2. The maximum absolute atomic E-state index is 13.4. The molecule has 9 heteroatoms. The van der Waals surface area contributed by atoms with Crippen molar-refractivity contribution in [2.75, 3.05) is 0 Å². The lowest BCUT2D eigenvalue weighted by molar-refractivity contribution is 0.433. The van der Waals surface area contributed by atoms with Gasteiger partial charge in [0, 0.05) is 18.5 Å². The standard InChI is InChI=1S/C12H6BrClFN5O/c13-8-3-2-7(6-9(8)15)21-12-18-10(14)17-11(19-12)20-5-1-4-16-20/h1-6H. The molecule has 6 nitrogen and oxygen atoms in total. The van der Waals surface area contributed by atoms with Gasteiger partial charge in [0.25, 0.3) is 5.95 Å². The zero-order valence-corrected chi connectivity index (χ0v) is 12.6. The summed E-state index contributed by atoms with van der Waals surface area (Å²) >= 11 is 8.88. The molecule has 106 valence electrons. The van der Waals surface area contributed by atoms with Gasteiger partial charge < -0.3 is 4.74 Å². The molecule has 0 saturated carbocycles. The normalized spacial score (nSPS) is 10.6. The SMILES string of the molecule is Fc1cc(Oc2nc(Cl)nc(-n3cccn3)n2)ccc1Br. The number of benzene rings is 1. The van der Waals surface area contributed by atoms with Crippen LogP contribution in [0.1, 0.15) is 0 Å². The Balaban J connectivity index is 1.93. The molecule has 0 amide bonds. The van der Waals surface area contributed by atoms with Gasteiger partial charge in [0.05, 0.1) is 4.47 Å². The number of ether oxygens (including phenoxy) is 1. The molecule has 0 radical (unpaired) electrons. The molecule has 0 aliphatic heterocycles. The third-order valence-electron chi connectivity index (χ3n) is 2.39. The third-order valence-corrected chi connectivity index (χ3v) is 3.20. The first-order valence-corrected chi connectivity index (χ1v) is 6.83. The summed E-state index contributed by atoms with van der Waals surface area (Å²) in [4.78, 5) is 11.8. The smallest absolute Gasteiger partial charge is 0.328 e. The second-order valence-electron chi connectivity index (χ2n) is 3.82. The molecule has 0 bridgehead atoms. The molecular weight excluding hydrogens is 365 g/mol. The van der Waals surface area contributed by atoms with Gasteiger partial charge in [-0.1, -0.05) is 0 Å². The van der Waals surface area contributed by atoms with E-state index in [0.717, 1.165) is 0 Å². The fourth-order valence-electron chi connectivity index (χ4n) is 1.50. The lowest BCUT2D eigenvalue weighted by atomic mass is 10.3. The van der Waals surface area contributed by atoms with Gasteiger partial charge in [0.15, 0.2) is 0 Å². The number of aromatic nitrogens is 5. The van der Waals surface area contributed by atoms with E-state index in [4.69, 9.17) is 16.3 Å². The summed E-state index contributed by atoms with van der Waals surface area (Å²) in [6.07, 6.45) is 3.22. The van der Waals surface area contributed by atoms with Crippen molar-refractivity contribution >= 4 is 27.5 Å². The molecule has 1 aromatic carbocycles. The highest BCUT2D eigenvalue weighted by Crippen LogP contribution is 2.24. The van der Waals surface area contributed by atoms with Gasteiger partial charge in [-0.15, -0.1) is 0 Å². The van der Waals surface area contributed by atoms with Crippen LogP contribution >= 0.6 is 27.5 Å². The largest absolute Gasteiger partial charge is 0.424 e. The van der Waals surface area contributed by atoms with Crippen LogP contribution in [-0.4, -0.2) is 24.7 Å². The van der Waals surface area contributed by atoms with Gasteiger partial charge in [0.1, 0.15) is 11.6 Å². The van der Waals surface area contributed by atoms with Crippen LogP contribution in [0.4, 0.5) is 4.39 Å². The van der Waals surface area contributed by atoms with Crippen molar-refractivity contribution in [3.63, 3.8) is 0 Å². The summed E-state index contributed by atoms with van der Waals surface area (Å²) in [6.45, 7) is 0. The van der Waals surface area contributed by atoms with Crippen LogP contribution in [-0.2, 0) is 0 Å². The van der Waals surface area contributed by atoms with Crippen LogP contribution in [0.3, 0.4) is 0 Å². The van der Waals surface area contributed by atoms with E-state index in [-0.39, 0.29) is 23.0 Å². The van der Waals surface area contributed by atoms with Crippen molar-refractivity contribution in [2.24, 2.45) is 0 Å². The average molecular weight is 371 g/mol. The number of hydrogen-bond donors (Lipinski definition) is 0. The molecule has 0 saturated heterocycles. The Morgan fingerprint density at radius 2 is 2.10 bits per heavy atom. The molecule has 0 spiro atoms. The number of nitrogens with zero attached hydrogens (tertiary/aromatic N) is 5. The molecule has 2 aromatic heterocycles. The fraction of sp³-hybridized carbons (Fsp3) is 0. The van der Waals surface area contributed by atoms with Crippen molar-refractivity contribution in [3.8, 4) is 17.7 Å². The topological polar surface area (TPSA) is 65.7 Å². The minimum atomic E-state index is -0.458. The Morgan fingerprint density at radius 3 is 2.81 bits per heavy atom. The quantitative estimate of drug-likeness (QED) is 0.707. The molecule has 0 unspecified atom stereocenters. The highest BCUT2D eigenvalue weighted by molar-refractivity contribution is 9.10. The number of halogens is 3. The predicted octanol–water partition coefficient (Wildman–Crippen LogP) is 3.40. The van der Waals surface area contributed by atoms with Gasteiger partial charge in [-0.3, -0.25) is 0 Å². The molecule has 0 atom stereocenters. The van der Waals surface area contributed by atoms with Crippen molar-refractivity contribution in [1.82, 2.24) is 24.7 Å². The number of hydrogen-bond acceptors (Lipinski definition) is 5. The number of rotatable bonds is 3. The van der Waals surface area contributed by atoms with Crippen LogP contribution in [0.15, 0.2) is 41.1 Å². The van der Waals surface area contributed by atoms with Gasteiger partial charge in [-0.05, 0) is 45.7 Å². The minimum Gasteiger partial charge on any atom is -0.424 e. The van der Waals surface area contributed by atoms with Crippen LogP contribution in [0.2, 0.25) is 5.28 Å². The Labute approximate surface area is 131 Å². The first-order chi connectivity index (χ1) is 10.1. The molecule has 3 aromatic rings. The zero-order chi connectivity index (χ0) is 14.8. The van der Waals surface area contributed by atoms with E-state index >= 15 is 0 Å². The highest BCUT2D eigenvalue weighted by atomic mass is 79.9. The van der Waals surface area contributed by atoms with E-state index < -0.39 is 5.82 Å². The average Bonchev–Trinajstić information content (AvgIpc) is 2.96. The van der Waals surface area contributed by atoms with E-state index in [1.165, 1.54) is 16.8 Å². The van der Waals surface area contributed by atoms with E-state index in [2.05, 4.69) is 36.0 Å². The monoisotopic (exact) mass is 369 g/mol. The highest BCUT2D eigenvalue weighted by Gasteiger charge is 2.10. The Hall–Kier alpha value is -2.06. The van der Waals surface area contributed by atoms with E-state index in [9.17, 15) is 4.39 Å². The van der Waals surface area contributed by atoms with Crippen LogP contribution in [0.25, 0.3) is 5.95 Å². The summed E-state index contributed by atoms with van der Waals surface area (Å²) in [5.41, 5.74) is 0. The van der Waals surface area contributed by atoms with E-state index in [1.54, 1.807) is 24.5 Å². The van der Waals surface area contributed by atoms with Gasteiger partial charge >= 0.3 is 6.01 Å². The predicted molar refractivity (Wildman–Crippen MR) is 76.1 cm³/mol. The fourth-order valence-corrected chi connectivity index (χ4v) is 1.90. The molecule has 0 aliphatic rings. The van der Waals surface area contributed by atoms with Gasteiger partial charge in [0.2, 0.25) is 5.28 Å². The third kappa shape index (κ3) is 3.17. The van der Waals surface area contributed by atoms with E-state index in [0.29, 0.717) is 4.47 Å². The molecule has 0 aliphatic carbocycles. The van der Waals surface area contributed by atoms with Crippen molar-refractivity contribution in [3.05, 3.63) is 52.2 Å². The summed E-state index contributed by atoms with van der Waals surface area (Å²) in [7, 11) is 0. The Bertz CT molecular complexity index is 783. The summed E-state index contributed by atoms with van der Waals surface area (Å²) in [5.74, 6) is -0.0167. The second-order valence-corrected chi connectivity index (χ2v) is 5.01. The summed E-state index contributed by atoms with van der Waals surface area (Å²) in [6, 6.07) is 5.94. The lowest BCUT2D eigenvalue weighted by Gasteiger charge is -2.06. The van der Waals surface area contributed by atoms with Crippen LogP contribution < -0.4 is 4.74 Å². The Kier molecular flexibility index (Phi) is 3.80. The first kappa shape index (κ1) is 13.9.